The van der Waals surface area contributed by atoms with E-state index < -0.39 is 5.60 Å². The summed E-state index contributed by atoms with van der Waals surface area (Å²) in [5.41, 5.74) is 6.58. The SMILES string of the molecule is CC(C)(C)OC(=O)N1CCC(CCN2CCN(c3ccc(C(N)=O)cc3)CC2)CC1. The van der Waals surface area contributed by atoms with Gasteiger partial charge in [0.05, 0.1) is 0 Å². The van der Waals surface area contributed by atoms with Crippen LogP contribution >= 0.6 is 0 Å². The van der Waals surface area contributed by atoms with Crippen molar-refractivity contribution >= 4 is 17.7 Å². The second-order valence-electron chi connectivity index (χ2n) is 9.44. The van der Waals surface area contributed by atoms with Crippen LogP contribution in [0.5, 0.6) is 0 Å². The number of rotatable bonds is 5. The van der Waals surface area contributed by atoms with Crippen LogP contribution in [0.2, 0.25) is 0 Å². The van der Waals surface area contributed by atoms with Gasteiger partial charge in [-0.1, -0.05) is 0 Å². The number of carbonyl (C=O) groups excluding carboxylic acids is 2. The van der Waals surface area contributed by atoms with Crippen molar-refractivity contribution in [3.8, 4) is 0 Å². The van der Waals surface area contributed by atoms with Crippen LogP contribution in [0.4, 0.5) is 10.5 Å². The van der Waals surface area contributed by atoms with Crippen molar-refractivity contribution in [3.63, 3.8) is 0 Å². The lowest BCUT2D eigenvalue weighted by Crippen LogP contribution is -2.47. The number of piperazine rings is 1. The summed E-state index contributed by atoms with van der Waals surface area (Å²) < 4.78 is 5.48. The molecule has 2 aliphatic rings. The first kappa shape index (κ1) is 22.4. The van der Waals surface area contributed by atoms with Crippen molar-refractivity contribution in [1.82, 2.24) is 9.80 Å². The topological polar surface area (TPSA) is 79.1 Å². The van der Waals surface area contributed by atoms with Gasteiger partial charge in [0.1, 0.15) is 5.60 Å². The molecule has 7 nitrogen and oxygen atoms in total. The molecule has 2 heterocycles. The van der Waals surface area contributed by atoms with Gasteiger partial charge in [-0.05, 0) is 76.8 Å². The summed E-state index contributed by atoms with van der Waals surface area (Å²) in [5, 5.41) is 0. The fraction of sp³-hybridized carbons (Fsp3) is 0.652. The Kier molecular flexibility index (Phi) is 7.23. The summed E-state index contributed by atoms with van der Waals surface area (Å²) in [7, 11) is 0. The zero-order valence-corrected chi connectivity index (χ0v) is 18.6. The average Bonchev–Trinajstić information content (AvgIpc) is 2.72. The number of nitrogens with zero attached hydrogens (tertiary/aromatic N) is 3. The largest absolute Gasteiger partial charge is 0.444 e. The Morgan fingerprint density at radius 2 is 1.60 bits per heavy atom. The Labute approximate surface area is 180 Å². The molecule has 0 bridgehead atoms. The van der Waals surface area contributed by atoms with Gasteiger partial charge in [0, 0.05) is 50.5 Å². The van der Waals surface area contributed by atoms with Crippen molar-refractivity contribution in [3.05, 3.63) is 29.8 Å². The van der Waals surface area contributed by atoms with Crippen LogP contribution in [-0.2, 0) is 4.74 Å². The fourth-order valence-electron chi connectivity index (χ4n) is 4.16. The van der Waals surface area contributed by atoms with E-state index in [1.54, 1.807) is 12.1 Å². The van der Waals surface area contributed by atoms with E-state index in [4.69, 9.17) is 10.5 Å². The van der Waals surface area contributed by atoms with Crippen LogP contribution in [0, 0.1) is 5.92 Å². The average molecular weight is 417 g/mol. The van der Waals surface area contributed by atoms with E-state index in [9.17, 15) is 9.59 Å². The standard InChI is InChI=1S/C23H36N4O3/c1-23(2,3)30-22(29)27-12-9-18(10-13-27)8-11-25-14-16-26(17-15-25)20-6-4-19(5-7-20)21(24)28/h4-7,18H,8-17H2,1-3H3,(H2,24,28). The lowest BCUT2D eigenvalue weighted by atomic mass is 9.93. The number of ether oxygens (including phenoxy) is 1. The molecular weight excluding hydrogens is 380 g/mol. The number of carbonyl (C=O) groups is 2. The molecule has 3 rings (SSSR count). The molecule has 1 aromatic carbocycles. The van der Waals surface area contributed by atoms with E-state index in [0.717, 1.165) is 64.3 Å². The molecule has 0 unspecified atom stereocenters. The number of primary amides is 1. The van der Waals surface area contributed by atoms with Gasteiger partial charge >= 0.3 is 6.09 Å². The highest BCUT2D eigenvalue weighted by Gasteiger charge is 2.27. The van der Waals surface area contributed by atoms with Crippen molar-refractivity contribution in [2.24, 2.45) is 11.7 Å². The number of hydrogen-bond acceptors (Lipinski definition) is 5. The lowest BCUT2D eigenvalue weighted by Gasteiger charge is -2.38. The molecule has 2 amide bonds. The molecule has 166 valence electrons. The zero-order chi connectivity index (χ0) is 21.7. The number of anilines is 1. The first-order chi connectivity index (χ1) is 14.2. The summed E-state index contributed by atoms with van der Waals surface area (Å²) in [6.45, 7) is 12.5. The summed E-state index contributed by atoms with van der Waals surface area (Å²) in [6.07, 6.45) is 3.13. The number of nitrogens with two attached hydrogens (primary N) is 1. The molecular formula is C23H36N4O3. The predicted molar refractivity (Wildman–Crippen MR) is 119 cm³/mol. The third kappa shape index (κ3) is 6.36. The van der Waals surface area contributed by atoms with Crippen molar-refractivity contribution < 1.29 is 14.3 Å². The number of hydrogen-bond donors (Lipinski definition) is 1. The van der Waals surface area contributed by atoms with Crippen LogP contribution < -0.4 is 10.6 Å². The molecule has 30 heavy (non-hydrogen) atoms. The maximum atomic E-state index is 12.2. The Bertz CT molecular complexity index is 713. The van der Waals surface area contributed by atoms with Gasteiger partial charge in [-0.3, -0.25) is 9.69 Å². The minimum Gasteiger partial charge on any atom is -0.444 e. The maximum Gasteiger partial charge on any atom is 0.410 e. The highest BCUT2D eigenvalue weighted by Crippen LogP contribution is 2.23. The van der Waals surface area contributed by atoms with Crippen LogP contribution in [-0.4, -0.2) is 73.2 Å². The smallest absolute Gasteiger partial charge is 0.410 e. The molecule has 2 aliphatic heterocycles. The summed E-state index contributed by atoms with van der Waals surface area (Å²) in [5.74, 6) is 0.298. The minimum absolute atomic E-state index is 0.180. The van der Waals surface area contributed by atoms with E-state index in [-0.39, 0.29) is 12.0 Å². The lowest BCUT2D eigenvalue weighted by molar-refractivity contribution is 0.0177. The van der Waals surface area contributed by atoms with E-state index in [1.807, 2.05) is 37.8 Å². The first-order valence-corrected chi connectivity index (χ1v) is 11.1. The molecule has 2 saturated heterocycles. The number of benzene rings is 1. The highest BCUT2D eigenvalue weighted by atomic mass is 16.6. The molecule has 7 heteroatoms. The minimum atomic E-state index is -0.431. The maximum absolute atomic E-state index is 12.2. The first-order valence-electron chi connectivity index (χ1n) is 11.1. The van der Waals surface area contributed by atoms with Crippen molar-refractivity contribution in [1.29, 1.82) is 0 Å². The normalized spacial score (nSPS) is 19.0. The molecule has 2 N–H and O–H groups in total. The Hall–Kier alpha value is -2.28. The third-order valence-electron chi connectivity index (χ3n) is 6.01. The second kappa shape index (κ2) is 9.69. The van der Waals surface area contributed by atoms with Gasteiger partial charge in [0.25, 0.3) is 0 Å². The molecule has 1 aromatic rings. The molecule has 0 aliphatic carbocycles. The van der Waals surface area contributed by atoms with Gasteiger partial charge in [-0.2, -0.15) is 0 Å². The van der Waals surface area contributed by atoms with Crippen molar-refractivity contribution in [2.45, 2.75) is 45.6 Å². The Morgan fingerprint density at radius 3 is 2.13 bits per heavy atom. The van der Waals surface area contributed by atoms with Gasteiger partial charge in [0.2, 0.25) is 5.91 Å². The van der Waals surface area contributed by atoms with Gasteiger partial charge in [0.15, 0.2) is 0 Å². The van der Waals surface area contributed by atoms with Gasteiger partial charge in [-0.15, -0.1) is 0 Å². The van der Waals surface area contributed by atoms with E-state index >= 15 is 0 Å². The molecule has 2 fully saturated rings. The molecule has 0 atom stereocenters. The Balaban J connectivity index is 1.35. The van der Waals surface area contributed by atoms with Gasteiger partial charge < -0.3 is 20.3 Å². The van der Waals surface area contributed by atoms with Gasteiger partial charge in [-0.25, -0.2) is 4.79 Å². The highest BCUT2D eigenvalue weighted by molar-refractivity contribution is 5.93. The van der Waals surface area contributed by atoms with Crippen LogP contribution in [0.25, 0.3) is 0 Å². The number of likely N-dealkylation sites (tertiary alicyclic amines) is 1. The van der Waals surface area contributed by atoms with Crippen LogP contribution in [0.1, 0.15) is 50.4 Å². The number of amides is 2. The Morgan fingerprint density at radius 1 is 1.00 bits per heavy atom. The molecule has 0 spiro atoms. The van der Waals surface area contributed by atoms with E-state index in [0.29, 0.717) is 11.5 Å². The molecule has 0 aromatic heterocycles. The van der Waals surface area contributed by atoms with Crippen LogP contribution in [0.15, 0.2) is 24.3 Å². The van der Waals surface area contributed by atoms with E-state index in [1.165, 1.54) is 6.42 Å². The molecule has 0 radical (unpaired) electrons. The third-order valence-corrected chi connectivity index (χ3v) is 6.01. The summed E-state index contributed by atoms with van der Waals surface area (Å²) in [6, 6.07) is 7.56. The monoisotopic (exact) mass is 416 g/mol. The van der Waals surface area contributed by atoms with Crippen LogP contribution in [0.3, 0.4) is 0 Å². The summed E-state index contributed by atoms with van der Waals surface area (Å²) in [4.78, 5) is 30.2. The fourth-order valence-corrected chi connectivity index (χ4v) is 4.16. The van der Waals surface area contributed by atoms with Crippen molar-refractivity contribution in [2.75, 3.05) is 50.7 Å². The summed E-state index contributed by atoms with van der Waals surface area (Å²) >= 11 is 0. The second-order valence-corrected chi connectivity index (χ2v) is 9.44. The predicted octanol–water partition coefficient (Wildman–Crippen LogP) is 2.94. The molecule has 0 saturated carbocycles. The quantitative estimate of drug-likeness (QED) is 0.798. The van der Waals surface area contributed by atoms with E-state index in [2.05, 4.69) is 9.80 Å². The number of piperidine rings is 1. The zero-order valence-electron chi connectivity index (χ0n) is 18.6.